The number of amidine groups is 1. The lowest BCUT2D eigenvalue weighted by Crippen LogP contribution is -2.38. The lowest BCUT2D eigenvalue weighted by molar-refractivity contribution is 0.251. The average molecular weight is 357 g/mol. The molecule has 0 atom stereocenters. The molecule has 0 radical (unpaired) electrons. The summed E-state index contributed by atoms with van der Waals surface area (Å²) < 4.78 is 0. The van der Waals surface area contributed by atoms with Gasteiger partial charge in [-0.2, -0.15) is 0 Å². The van der Waals surface area contributed by atoms with E-state index in [-0.39, 0.29) is 6.03 Å². The van der Waals surface area contributed by atoms with Gasteiger partial charge in [0.25, 0.3) is 0 Å². The van der Waals surface area contributed by atoms with Crippen LogP contribution >= 0.6 is 11.6 Å². The van der Waals surface area contributed by atoms with Gasteiger partial charge >= 0.3 is 6.03 Å². The van der Waals surface area contributed by atoms with Crippen LogP contribution in [-0.2, 0) is 0 Å². The Labute approximate surface area is 152 Å². The van der Waals surface area contributed by atoms with E-state index in [9.17, 15) is 4.79 Å². The van der Waals surface area contributed by atoms with Crippen molar-refractivity contribution in [3.8, 4) is 0 Å². The molecule has 3 rings (SSSR count). The first-order valence-electron chi connectivity index (χ1n) is 8.29. The molecule has 1 heterocycles. The molecule has 2 aromatic carbocycles. The summed E-state index contributed by atoms with van der Waals surface area (Å²) in [6.45, 7) is 4.81. The third kappa shape index (κ3) is 4.51. The molecule has 2 N–H and O–H groups in total. The zero-order valence-corrected chi connectivity index (χ0v) is 14.9. The van der Waals surface area contributed by atoms with E-state index in [0.717, 1.165) is 35.7 Å². The number of hydrogen-bond donors (Lipinski definition) is 2. The summed E-state index contributed by atoms with van der Waals surface area (Å²) >= 11 is 6.27. The van der Waals surface area contributed by atoms with Crippen LogP contribution < -0.4 is 10.6 Å². The SMILES string of the molecule is Cc1ccc(NC(=O)NCCN2CCN=C2c2ccccc2Cl)cc1. The number of nitrogens with zero attached hydrogens (tertiary/aromatic N) is 2. The summed E-state index contributed by atoms with van der Waals surface area (Å²) in [5.41, 5.74) is 2.87. The van der Waals surface area contributed by atoms with E-state index in [4.69, 9.17) is 11.6 Å². The summed E-state index contributed by atoms with van der Waals surface area (Å²) in [6, 6.07) is 15.2. The van der Waals surface area contributed by atoms with Crippen LogP contribution in [0.25, 0.3) is 0 Å². The fourth-order valence-corrected chi connectivity index (χ4v) is 2.94. The van der Waals surface area contributed by atoms with Crippen LogP contribution in [0.15, 0.2) is 53.5 Å². The first-order chi connectivity index (χ1) is 12.1. The molecule has 6 heteroatoms. The smallest absolute Gasteiger partial charge is 0.319 e. The zero-order chi connectivity index (χ0) is 17.6. The van der Waals surface area contributed by atoms with E-state index < -0.39 is 0 Å². The second-order valence-corrected chi connectivity index (χ2v) is 6.33. The van der Waals surface area contributed by atoms with E-state index in [0.29, 0.717) is 18.1 Å². The summed E-state index contributed by atoms with van der Waals surface area (Å²) in [7, 11) is 0. The van der Waals surface area contributed by atoms with Crippen molar-refractivity contribution in [3.05, 3.63) is 64.7 Å². The number of hydrogen-bond acceptors (Lipinski definition) is 3. The Morgan fingerprint density at radius 3 is 2.72 bits per heavy atom. The average Bonchev–Trinajstić information content (AvgIpc) is 3.06. The second kappa shape index (κ2) is 8.03. The minimum Gasteiger partial charge on any atom is -0.353 e. The number of urea groups is 1. The number of aryl methyl sites for hydroxylation is 1. The monoisotopic (exact) mass is 356 g/mol. The lowest BCUT2D eigenvalue weighted by atomic mass is 10.2. The van der Waals surface area contributed by atoms with E-state index in [1.54, 1.807) is 0 Å². The standard InChI is InChI=1S/C19H21ClN4O/c1-14-6-8-15(9-7-14)23-19(25)22-11-13-24-12-10-21-18(24)16-4-2-3-5-17(16)20/h2-9H,10-13H2,1H3,(H2,22,23,25). The second-order valence-electron chi connectivity index (χ2n) is 5.92. The Morgan fingerprint density at radius 1 is 1.20 bits per heavy atom. The summed E-state index contributed by atoms with van der Waals surface area (Å²) in [6.07, 6.45) is 0. The normalized spacial score (nSPS) is 13.5. The minimum absolute atomic E-state index is 0.209. The summed E-state index contributed by atoms with van der Waals surface area (Å²) in [5.74, 6) is 0.895. The van der Waals surface area contributed by atoms with Gasteiger partial charge in [0, 0.05) is 30.9 Å². The number of carbonyl (C=O) groups excluding carboxylic acids is 1. The number of aliphatic imine (C=N–C) groups is 1. The number of halogens is 1. The molecule has 0 bridgehead atoms. The Bertz CT molecular complexity index is 773. The van der Waals surface area contributed by atoms with Gasteiger partial charge in [0.15, 0.2) is 0 Å². The highest BCUT2D eigenvalue weighted by molar-refractivity contribution is 6.34. The maximum Gasteiger partial charge on any atom is 0.319 e. The van der Waals surface area contributed by atoms with E-state index in [1.165, 1.54) is 0 Å². The van der Waals surface area contributed by atoms with Crippen LogP contribution in [0.5, 0.6) is 0 Å². The van der Waals surface area contributed by atoms with Crippen LogP contribution in [0.2, 0.25) is 5.02 Å². The Hall–Kier alpha value is -2.53. The molecule has 1 aliphatic heterocycles. The molecule has 0 unspecified atom stereocenters. The van der Waals surface area contributed by atoms with Gasteiger partial charge < -0.3 is 15.5 Å². The van der Waals surface area contributed by atoms with E-state index >= 15 is 0 Å². The van der Waals surface area contributed by atoms with Crippen LogP contribution in [0.4, 0.5) is 10.5 Å². The van der Waals surface area contributed by atoms with Crippen molar-refractivity contribution in [2.24, 2.45) is 4.99 Å². The molecule has 0 fully saturated rings. The third-order valence-corrected chi connectivity index (χ3v) is 4.35. The zero-order valence-electron chi connectivity index (χ0n) is 14.1. The van der Waals surface area contributed by atoms with Crippen molar-refractivity contribution in [2.75, 3.05) is 31.5 Å². The number of rotatable bonds is 5. The van der Waals surface area contributed by atoms with Crippen LogP contribution in [-0.4, -0.2) is 42.9 Å². The highest BCUT2D eigenvalue weighted by Crippen LogP contribution is 2.19. The Kier molecular flexibility index (Phi) is 5.56. The first-order valence-corrected chi connectivity index (χ1v) is 8.67. The van der Waals surface area contributed by atoms with Gasteiger partial charge in [-0.15, -0.1) is 0 Å². The van der Waals surface area contributed by atoms with Gasteiger partial charge in [-0.25, -0.2) is 4.79 Å². The topological polar surface area (TPSA) is 56.7 Å². The van der Waals surface area contributed by atoms with Crippen LogP contribution in [0.1, 0.15) is 11.1 Å². The number of nitrogens with one attached hydrogen (secondary N) is 2. The van der Waals surface area contributed by atoms with Crippen molar-refractivity contribution < 1.29 is 4.79 Å². The molecule has 5 nitrogen and oxygen atoms in total. The Morgan fingerprint density at radius 2 is 1.96 bits per heavy atom. The molecule has 0 saturated heterocycles. The van der Waals surface area contributed by atoms with E-state index in [1.807, 2.05) is 55.5 Å². The molecule has 25 heavy (non-hydrogen) atoms. The maximum atomic E-state index is 12.0. The molecule has 2 aromatic rings. The van der Waals surface area contributed by atoms with Gasteiger partial charge in [0.05, 0.1) is 11.6 Å². The fourth-order valence-electron chi connectivity index (χ4n) is 2.71. The molecule has 0 spiro atoms. The number of anilines is 1. The molecule has 0 aliphatic carbocycles. The van der Waals surface area contributed by atoms with Gasteiger partial charge in [-0.05, 0) is 31.2 Å². The van der Waals surface area contributed by atoms with Crippen molar-refractivity contribution in [1.29, 1.82) is 0 Å². The van der Waals surface area contributed by atoms with Crippen molar-refractivity contribution >= 4 is 29.2 Å². The van der Waals surface area contributed by atoms with Gasteiger partial charge in [0.1, 0.15) is 5.84 Å². The number of benzene rings is 2. The molecular weight excluding hydrogens is 336 g/mol. The maximum absolute atomic E-state index is 12.0. The lowest BCUT2D eigenvalue weighted by Gasteiger charge is -2.21. The molecule has 1 aliphatic rings. The van der Waals surface area contributed by atoms with Gasteiger partial charge in [-0.1, -0.05) is 41.4 Å². The quantitative estimate of drug-likeness (QED) is 0.861. The van der Waals surface area contributed by atoms with Crippen molar-refractivity contribution in [3.63, 3.8) is 0 Å². The number of carbonyl (C=O) groups is 1. The fraction of sp³-hybridized carbons (Fsp3) is 0.263. The predicted octanol–water partition coefficient (Wildman–Crippen LogP) is 3.53. The van der Waals surface area contributed by atoms with Gasteiger partial charge in [-0.3, -0.25) is 4.99 Å². The third-order valence-electron chi connectivity index (χ3n) is 4.02. The van der Waals surface area contributed by atoms with Crippen LogP contribution in [0, 0.1) is 6.92 Å². The minimum atomic E-state index is -0.209. The highest BCUT2D eigenvalue weighted by Gasteiger charge is 2.20. The van der Waals surface area contributed by atoms with Crippen molar-refractivity contribution in [1.82, 2.24) is 10.2 Å². The van der Waals surface area contributed by atoms with Crippen molar-refractivity contribution in [2.45, 2.75) is 6.92 Å². The largest absolute Gasteiger partial charge is 0.353 e. The molecular formula is C19H21ClN4O. The first kappa shape index (κ1) is 17.3. The van der Waals surface area contributed by atoms with Gasteiger partial charge in [0.2, 0.25) is 0 Å². The molecule has 0 saturated carbocycles. The molecule has 130 valence electrons. The molecule has 0 aromatic heterocycles. The van der Waals surface area contributed by atoms with Crippen LogP contribution in [0.3, 0.4) is 0 Å². The molecule has 2 amide bonds. The number of amides is 2. The van der Waals surface area contributed by atoms with E-state index in [2.05, 4.69) is 20.5 Å². The predicted molar refractivity (Wildman–Crippen MR) is 103 cm³/mol. The Balaban J connectivity index is 1.50. The summed E-state index contributed by atoms with van der Waals surface area (Å²) in [4.78, 5) is 18.7. The summed E-state index contributed by atoms with van der Waals surface area (Å²) in [5, 5.41) is 6.40. The highest BCUT2D eigenvalue weighted by atomic mass is 35.5.